The van der Waals surface area contributed by atoms with Gasteiger partial charge in [0.25, 0.3) is 5.91 Å². The number of nitrogens with one attached hydrogen (secondary N) is 1. The fraction of sp³-hybridized carbons (Fsp3) is 0.192. The molecule has 158 valence electrons. The van der Waals surface area contributed by atoms with E-state index in [-0.39, 0.29) is 28.9 Å². The molecule has 1 amide bonds. The smallest absolute Gasteiger partial charge is 0.339 e. The van der Waals surface area contributed by atoms with Crippen LogP contribution in [0.3, 0.4) is 0 Å². The molecule has 0 aliphatic carbocycles. The largest absolute Gasteiger partial charge is 0.452 e. The molecule has 5 heteroatoms. The van der Waals surface area contributed by atoms with Crippen LogP contribution >= 0.6 is 0 Å². The highest BCUT2D eigenvalue weighted by atomic mass is 16.5. The summed E-state index contributed by atoms with van der Waals surface area (Å²) >= 11 is 0. The molecule has 1 N–H and O–H groups in total. The molecular weight excluding hydrogens is 390 g/mol. The van der Waals surface area contributed by atoms with Gasteiger partial charge in [-0.1, -0.05) is 92.2 Å². The summed E-state index contributed by atoms with van der Waals surface area (Å²) < 4.78 is 5.23. The highest BCUT2D eigenvalue weighted by Gasteiger charge is 2.20. The lowest BCUT2D eigenvalue weighted by Gasteiger charge is -2.18. The molecule has 0 aromatic heterocycles. The molecule has 3 aromatic carbocycles. The Morgan fingerprint density at radius 3 is 2.03 bits per heavy atom. The van der Waals surface area contributed by atoms with Crippen LogP contribution in [0.5, 0.6) is 0 Å². The summed E-state index contributed by atoms with van der Waals surface area (Å²) in [6.07, 6.45) is 1.67. The number of ether oxygens (including phenoxy) is 1. The molecule has 0 aliphatic rings. The van der Waals surface area contributed by atoms with Crippen molar-refractivity contribution in [3.05, 3.63) is 107 Å². The van der Waals surface area contributed by atoms with E-state index < -0.39 is 12.6 Å². The molecule has 0 bridgehead atoms. The monoisotopic (exact) mass is 415 g/mol. The van der Waals surface area contributed by atoms with Gasteiger partial charge in [-0.25, -0.2) is 4.79 Å². The Morgan fingerprint density at radius 2 is 1.39 bits per heavy atom. The Hall–Kier alpha value is -3.73. The molecule has 0 aliphatic heterocycles. The van der Waals surface area contributed by atoms with Gasteiger partial charge in [0.15, 0.2) is 12.4 Å². The van der Waals surface area contributed by atoms with Crippen LogP contribution in [0.2, 0.25) is 0 Å². The minimum absolute atomic E-state index is 0.136. The van der Waals surface area contributed by atoms with Crippen molar-refractivity contribution >= 4 is 17.7 Å². The average Bonchev–Trinajstić information content (AvgIpc) is 2.83. The summed E-state index contributed by atoms with van der Waals surface area (Å²) in [7, 11) is 0. The molecule has 1 atom stereocenters. The Morgan fingerprint density at radius 1 is 0.806 bits per heavy atom. The zero-order chi connectivity index (χ0) is 22.1. The van der Waals surface area contributed by atoms with E-state index in [0.29, 0.717) is 5.56 Å². The Labute approximate surface area is 182 Å². The molecule has 0 saturated heterocycles. The number of ketones is 1. The number of hydrogen-bond acceptors (Lipinski definition) is 4. The lowest BCUT2D eigenvalue weighted by molar-refractivity contribution is -0.125. The molecule has 0 fully saturated rings. The van der Waals surface area contributed by atoms with Crippen molar-refractivity contribution in [1.82, 2.24) is 5.32 Å². The van der Waals surface area contributed by atoms with Gasteiger partial charge < -0.3 is 10.1 Å². The standard InChI is InChI=1S/C26H25NO4/c1-2-11-23(19-12-5-3-6-13-19)27-24(28)18-31-26(30)22-17-10-9-16-21(22)25(29)20-14-7-4-8-15-20/h3-10,12-17,23H,2,11,18H2,1H3,(H,27,28). The normalized spacial score (nSPS) is 11.4. The zero-order valence-electron chi connectivity index (χ0n) is 17.4. The number of benzene rings is 3. The Balaban J connectivity index is 1.66. The first-order valence-corrected chi connectivity index (χ1v) is 10.3. The highest BCUT2D eigenvalue weighted by molar-refractivity contribution is 6.14. The predicted molar refractivity (Wildman–Crippen MR) is 119 cm³/mol. The first-order chi connectivity index (χ1) is 15.1. The molecule has 3 rings (SSSR count). The van der Waals surface area contributed by atoms with Gasteiger partial charge in [-0.3, -0.25) is 9.59 Å². The minimum Gasteiger partial charge on any atom is -0.452 e. The Kier molecular flexibility index (Phi) is 7.71. The SMILES string of the molecule is CCCC(NC(=O)COC(=O)c1ccccc1C(=O)c1ccccc1)c1ccccc1. The summed E-state index contributed by atoms with van der Waals surface area (Å²) in [5.74, 6) is -1.37. The van der Waals surface area contributed by atoms with Crippen molar-refractivity contribution in [2.45, 2.75) is 25.8 Å². The fourth-order valence-corrected chi connectivity index (χ4v) is 3.35. The van der Waals surface area contributed by atoms with Crippen LogP contribution in [0.1, 0.15) is 57.7 Å². The summed E-state index contributed by atoms with van der Waals surface area (Å²) in [4.78, 5) is 37.9. The summed E-state index contributed by atoms with van der Waals surface area (Å²) in [5, 5.41) is 2.92. The second-order valence-corrected chi connectivity index (χ2v) is 7.14. The van der Waals surface area contributed by atoms with Gasteiger partial charge >= 0.3 is 5.97 Å². The van der Waals surface area contributed by atoms with Crippen LogP contribution in [0.15, 0.2) is 84.9 Å². The van der Waals surface area contributed by atoms with Gasteiger partial charge in [0, 0.05) is 11.1 Å². The predicted octanol–water partition coefficient (Wildman–Crippen LogP) is 4.73. The van der Waals surface area contributed by atoms with E-state index in [0.717, 1.165) is 18.4 Å². The minimum atomic E-state index is -0.707. The van der Waals surface area contributed by atoms with Gasteiger partial charge in [0.05, 0.1) is 11.6 Å². The van der Waals surface area contributed by atoms with Crippen molar-refractivity contribution in [1.29, 1.82) is 0 Å². The van der Waals surface area contributed by atoms with Gasteiger partial charge in [-0.2, -0.15) is 0 Å². The summed E-state index contributed by atoms with van der Waals surface area (Å²) in [5.41, 5.74) is 1.86. The fourth-order valence-electron chi connectivity index (χ4n) is 3.35. The molecule has 0 radical (unpaired) electrons. The van der Waals surface area contributed by atoms with E-state index in [1.807, 2.05) is 43.3 Å². The zero-order valence-corrected chi connectivity index (χ0v) is 17.4. The molecule has 0 saturated carbocycles. The van der Waals surface area contributed by atoms with Gasteiger partial charge in [0.1, 0.15) is 0 Å². The van der Waals surface area contributed by atoms with E-state index in [4.69, 9.17) is 4.74 Å². The molecule has 5 nitrogen and oxygen atoms in total. The Bertz CT molecular complexity index is 1030. The number of rotatable bonds is 9. The maximum Gasteiger partial charge on any atom is 0.339 e. The average molecular weight is 415 g/mol. The third-order valence-corrected chi connectivity index (χ3v) is 4.88. The van der Waals surface area contributed by atoms with E-state index in [9.17, 15) is 14.4 Å². The molecule has 0 heterocycles. The van der Waals surface area contributed by atoms with Crippen LogP contribution in [0.4, 0.5) is 0 Å². The van der Waals surface area contributed by atoms with Crippen molar-refractivity contribution in [2.24, 2.45) is 0 Å². The number of hydrogen-bond donors (Lipinski definition) is 1. The maximum atomic E-state index is 12.8. The third kappa shape index (κ3) is 5.89. The van der Waals surface area contributed by atoms with Crippen LogP contribution in [0.25, 0.3) is 0 Å². The number of amides is 1. The number of carbonyl (C=O) groups is 3. The van der Waals surface area contributed by atoms with E-state index in [1.54, 1.807) is 42.5 Å². The van der Waals surface area contributed by atoms with E-state index in [1.165, 1.54) is 6.07 Å². The lowest BCUT2D eigenvalue weighted by Crippen LogP contribution is -2.32. The second-order valence-electron chi connectivity index (χ2n) is 7.14. The molecular formula is C26H25NO4. The molecule has 0 spiro atoms. The van der Waals surface area contributed by atoms with Crippen molar-refractivity contribution < 1.29 is 19.1 Å². The van der Waals surface area contributed by atoms with E-state index >= 15 is 0 Å². The van der Waals surface area contributed by atoms with E-state index in [2.05, 4.69) is 5.32 Å². The van der Waals surface area contributed by atoms with Crippen LogP contribution in [-0.4, -0.2) is 24.3 Å². The maximum absolute atomic E-state index is 12.8. The summed E-state index contributed by atoms with van der Waals surface area (Å²) in [6.45, 7) is 1.63. The van der Waals surface area contributed by atoms with Gasteiger partial charge in [0.2, 0.25) is 0 Å². The lowest BCUT2D eigenvalue weighted by atomic mass is 9.98. The topological polar surface area (TPSA) is 72.5 Å². The van der Waals surface area contributed by atoms with Crippen LogP contribution < -0.4 is 5.32 Å². The second kappa shape index (κ2) is 10.9. The van der Waals surface area contributed by atoms with Gasteiger partial charge in [-0.15, -0.1) is 0 Å². The molecule has 31 heavy (non-hydrogen) atoms. The number of esters is 1. The van der Waals surface area contributed by atoms with Crippen molar-refractivity contribution in [3.63, 3.8) is 0 Å². The molecule has 3 aromatic rings. The van der Waals surface area contributed by atoms with Gasteiger partial charge in [-0.05, 0) is 18.1 Å². The quantitative estimate of drug-likeness (QED) is 0.405. The highest BCUT2D eigenvalue weighted by Crippen LogP contribution is 2.18. The van der Waals surface area contributed by atoms with Crippen molar-refractivity contribution in [3.8, 4) is 0 Å². The first-order valence-electron chi connectivity index (χ1n) is 10.3. The van der Waals surface area contributed by atoms with Crippen LogP contribution in [0, 0.1) is 0 Å². The molecule has 1 unspecified atom stereocenters. The summed E-state index contributed by atoms with van der Waals surface area (Å²) in [6, 6.07) is 24.7. The van der Waals surface area contributed by atoms with Crippen LogP contribution in [-0.2, 0) is 9.53 Å². The van der Waals surface area contributed by atoms with Crippen molar-refractivity contribution in [2.75, 3.05) is 6.61 Å². The number of carbonyl (C=O) groups excluding carboxylic acids is 3. The third-order valence-electron chi connectivity index (χ3n) is 4.88. The first kappa shape index (κ1) is 22.0.